The monoisotopic (exact) mass is 204 g/mol. The third kappa shape index (κ3) is 2.06. The normalized spacial score (nSPS) is 28.5. The summed E-state index contributed by atoms with van der Waals surface area (Å²) >= 11 is 0. The van der Waals surface area contributed by atoms with Gasteiger partial charge in [-0.05, 0) is 30.4 Å². The van der Waals surface area contributed by atoms with Gasteiger partial charge in [0.15, 0.2) is 0 Å². The summed E-state index contributed by atoms with van der Waals surface area (Å²) < 4.78 is 11.1. The molecule has 1 saturated heterocycles. The van der Waals surface area contributed by atoms with Crippen molar-refractivity contribution in [2.75, 3.05) is 13.2 Å². The molecule has 2 atom stereocenters. The number of benzene rings is 1. The number of hydrogen-bond acceptors (Lipinski definition) is 2. The smallest absolute Gasteiger partial charge is 0.0828 e. The van der Waals surface area contributed by atoms with Crippen molar-refractivity contribution in [1.29, 1.82) is 0 Å². The van der Waals surface area contributed by atoms with Crippen molar-refractivity contribution in [1.82, 2.24) is 0 Å². The highest BCUT2D eigenvalue weighted by Crippen LogP contribution is 2.32. The summed E-state index contributed by atoms with van der Waals surface area (Å²) in [5.41, 5.74) is 2.86. The Bertz CT molecular complexity index is 344. The van der Waals surface area contributed by atoms with Crippen LogP contribution in [0.15, 0.2) is 24.3 Å². The second kappa shape index (κ2) is 3.95. The molecule has 1 fully saturated rings. The molecule has 0 N–H and O–H groups in total. The van der Waals surface area contributed by atoms with Gasteiger partial charge in [0, 0.05) is 0 Å². The lowest BCUT2D eigenvalue weighted by atomic mass is 9.94. The first-order valence-electron chi connectivity index (χ1n) is 5.74. The van der Waals surface area contributed by atoms with Crippen molar-refractivity contribution < 1.29 is 9.47 Å². The summed E-state index contributed by atoms with van der Waals surface area (Å²) in [7, 11) is 0. The van der Waals surface area contributed by atoms with Crippen molar-refractivity contribution in [2.24, 2.45) is 0 Å². The van der Waals surface area contributed by atoms with Gasteiger partial charge < -0.3 is 9.47 Å². The Morgan fingerprint density at radius 2 is 2.00 bits per heavy atom. The van der Waals surface area contributed by atoms with Crippen LogP contribution in [-0.4, -0.2) is 19.3 Å². The van der Waals surface area contributed by atoms with Crippen molar-refractivity contribution in [2.45, 2.75) is 31.5 Å². The number of ether oxygens (including phenoxy) is 2. The molecule has 2 heteroatoms. The standard InChI is InChI=1S/C13H16O2/c1-2-4-12-10(3-1)7-8-14-13(12)6-5-11-9-15-11/h1-4,11,13H,5-9H2. The molecule has 0 bridgehead atoms. The molecule has 1 aromatic carbocycles. The molecule has 0 amide bonds. The van der Waals surface area contributed by atoms with E-state index < -0.39 is 0 Å². The Morgan fingerprint density at radius 3 is 2.87 bits per heavy atom. The molecule has 2 aliphatic rings. The van der Waals surface area contributed by atoms with E-state index in [0.717, 1.165) is 32.5 Å². The van der Waals surface area contributed by atoms with Crippen molar-refractivity contribution in [3.8, 4) is 0 Å². The molecule has 2 aliphatic heterocycles. The average Bonchev–Trinajstić information content (AvgIpc) is 3.10. The highest BCUT2D eigenvalue weighted by molar-refractivity contribution is 5.30. The molecule has 0 aromatic heterocycles. The summed E-state index contributed by atoms with van der Waals surface area (Å²) in [6.07, 6.45) is 4.12. The number of hydrogen-bond donors (Lipinski definition) is 0. The Kier molecular flexibility index (Phi) is 2.47. The van der Waals surface area contributed by atoms with E-state index in [1.807, 2.05) is 0 Å². The molecule has 3 rings (SSSR count). The number of epoxide rings is 1. The van der Waals surface area contributed by atoms with E-state index in [9.17, 15) is 0 Å². The molecule has 2 heterocycles. The summed E-state index contributed by atoms with van der Waals surface area (Å²) in [6, 6.07) is 8.64. The van der Waals surface area contributed by atoms with Crippen LogP contribution in [0, 0.1) is 0 Å². The van der Waals surface area contributed by atoms with Crippen LogP contribution < -0.4 is 0 Å². The Hall–Kier alpha value is -0.860. The minimum Gasteiger partial charge on any atom is -0.373 e. The Balaban J connectivity index is 1.73. The molecular weight excluding hydrogens is 188 g/mol. The van der Waals surface area contributed by atoms with Crippen LogP contribution >= 0.6 is 0 Å². The maximum atomic E-state index is 5.83. The van der Waals surface area contributed by atoms with Gasteiger partial charge in [0.05, 0.1) is 25.4 Å². The van der Waals surface area contributed by atoms with E-state index in [0.29, 0.717) is 12.2 Å². The van der Waals surface area contributed by atoms with E-state index in [4.69, 9.17) is 9.47 Å². The van der Waals surface area contributed by atoms with Crippen molar-refractivity contribution >= 4 is 0 Å². The minimum absolute atomic E-state index is 0.305. The van der Waals surface area contributed by atoms with Gasteiger partial charge in [0.2, 0.25) is 0 Å². The average molecular weight is 204 g/mol. The number of rotatable bonds is 3. The fourth-order valence-electron chi connectivity index (χ4n) is 2.29. The van der Waals surface area contributed by atoms with E-state index in [1.54, 1.807) is 0 Å². The predicted molar refractivity (Wildman–Crippen MR) is 57.8 cm³/mol. The van der Waals surface area contributed by atoms with E-state index >= 15 is 0 Å². The van der Waals surface area contributed by atoms with Gasteiger partial charge in [-0.3, -0.25) is 0 Å². The van der Waals surface area contributed by atoms with Crippen molar-refractivity contribution in [3.05, 3.63) is 35.4 Å². The molecule has 80 valence electrons. The second-order valence-electron chi connectivity index (χ2n) is 4.34. The molecule has 2 unspecified atom stereocenters. The molecule has 2 nitrogen and oxygen atoms in total. The van der Waals surface area contributed by atoms with Gasteiger partial charge in [-0.1, -0.05) is 24.3 Å². The van der Waals surface area contributed by atoms with E-state index in [1.165, 1.54) is 11.1 Å². The van der Waals surface area contributed by atoms with Gasteiger partial charge in [0.25, 0.3) is 0 Å². The van der Waals surface area contributed by atoms with Crippen LogP contribution in [0.5, 0.6) is 0 Å². The zero-order valence-corrected chi connectivity index (χ0v) is 8.82. The lowest BCUT2D eigenvalue weighted by molar-refractivity contribution is 0.0339. The number of fused-ring (bicyclic) bond motifs is 1. The van der Waals surface area contributed by atoms with Gasteiger partial charge >= 0.3 is 0 Å². The van der Waals surface area contributed by atoms with E-state index in [-0.39, 0.29) is 0 Å². The molecule has 15 heavy (non-hydrogen) atoms. The van der Waals surface area contributed by atoms with Gasteiger partial charge in [0.1, 0.15) is 0 Å². The zero-order chi connectivity index (χ0) is 10.1. The van der Waals surface area contributed by atoms with Crippen LogP contribution in [-0.2, 0) is 15.9 Å². The summed E-state index contributed by atoms with van der Waals surface area (Å²) in [4.78, 5) is 0. The first kappa shape index (κ1) is 9.37. The SMILES string of the molecule is c1ccc2c(c1)CCOC2CCC1CO1. The summed E-state index contributed by atoms with van der Waals surface area (Å²) in [5, 5.41) is 0. The first-order chi connectivity index (χ1) is 7.43. The lowest BCUT2D eigenvalue weighted by Crippen LogP contribution is -2.16. The van der Waals surface area contributed by atoms with Gasteiger partial charge in [-0.15, -0.1) is 0 Å². The Morgan fingerprint density at radius 1 is 1.13 bits per heavy atom. The first-order valence-corrected chi connectivity index (χ1v) is 5.74. The third-order valence-electron chi connectivity index (χ3n) is 3.25. The van der Waals surface area contributed by atoms with Gasteiger partial charge in [-0.2, -0.15) is 0 Å². The summed E-state index contributed by atoms with van der Waals surface area (Å²) in [6.45, 7) is 1.82. The minimum atomic E-state index is 0.305. The molecular formula is C13H16O2. The third-order valence-corrected chi connectivity index (χ3v) is 3.25. The fraction of sp³-hybridized carbons (Fsp3) is 0.538. The largest absolute Gasteiger partial charge is 0.373 e. The lowest BCUT2D eigenvalue weighted by Gasteiger charge is -2.25. The van der Waals surface area contributed by atoms with Crippen LogP contribution in [0.25, 0.3) is 0 Å². The Labute approximate surface area is 90.2 Å². The maximum absolute atomic E-state index is 5.83. The highest BCUT2D eigenvalue weighted by atomic mass is 16.6. The second-order valence-corrected chi connectivity index (χ2v) is 4.34. The van der Waals surface area contributed by atoms with Crippen LogP contribution in [0.3, 0.4) is 0 Å². The predicted octanol–water partition coefficient (Wildman–Crippen LogP) is 2.48. The van der Waals surface area contributed by atoms with Crippen molar-refractivity contribution in [3.63, 3.8) is 0 Å². The van der Waals surface area contributed by atoms with Crippen LogP contribution in [0.1, 0.15) is 30.1 Å². The van der Waals surface area contributed by atoms with Crippen LogP contribution in [0.4, 0.5) is 0 Å². The van der Waals surface area contributed by atoms with Gasteiger partial charge in [-0.25, -0.2) is 0 Å². The zero-order valence-electron chi connectivity index (χ0n) is 8.82. The molecule has 0 spiro atoms. The fourth-order valence-corrected chi connectivity index (χ4v) is 2.29. The molecule has 0 aliphatic carbocycles. The quantitative estimate of drug-likeness (QED) is 0.705. The molecule has 0 radical (unpaired) electrons. The molecule has 0 saturated carbocycles. The maximum Gasteiger partial charge on any atom is 0.0828 e. The molecule has 1 aromatic rings. The van der Waals surface area contributed by atoms with E-state index in [2.05, 4.69) is 24.3 Å². The highest BCUT2D eigenvalue weighted by Gasteiger charge is 2.26. The summed E-state index contributed by atoms with van der Waals surface area (Å²) in [5.74, 6) is 0. The van der Waals surface area contributed by atoms with Crippen LogP contribution in [0.2, 0.25) is 0 Å². The topological polar surface area (TPSA) is 21.8 Å².